The predicted molar refractivity (Wildman–Crippen MR) is 180 cm³/mol. The molecule has 0 atom stereocenters. The van der Waals surface area contributed by atoms with Crippen molar-refractivity contribution in [1.29, 1.82) is 10.8 Å². The van der Waals surface area contributed by atoms with E-state index in [1.54, 1.807) is 6.08 Å². The number of aromatic nitrogens is 3. The van der Waals surface area contributed by atoms with Crippen molar-refractivity contribution in [3.8, 4) is 45.3 Å². The van der Waals surface area contributed by atoms with Gasteiger partial charge in [-0.1, -0.05) is 115 Å². The molecule has 6 aromatic carbocycles. The normalized spacial score (nSPS) is 12.5. The van der Waals surface area contributed by atoms with Gasteiger partial charge in [-0.25, -0.2) is 15.0 Å². The van der Waals surface area contributed by atoms with Gasteiger partial charge in [0.15, 0.2) is 17.5 Å². The van der Waals surface area contributed by atoms with E-state index in [0.717, 1.165) is 49.7 Å². The predicted octanol–water partition coefficient (Wildman–Crippen LogP) is 9.26. The van der Waals surface area contributed by atoms with Gasteiger partial charge in [-0.3, -0.25) is 10.8 Å². The summed E-state index contributed by atoms with van der Waals surface area (Å²) in [6, 6.07) is 43.3. The van der Waals surface area contributed by atoms with Gasteiger partial charge in [0.1, 0.15) is 0 Å². The molecule has 0 fully saturated rings. The van der Waals surface area contributed by atoms with E-state index in [9.17, 15) is 0 Å². The lowest BCUT2D eigenvalue weighted by Gasteiger charge is -2.16. The molecule has 0 radical (unpaired) electrons. The summed E-state index contributed by atoms with van der Waals surface area (Å²) in [7, 11) is 0. The number of allylic oxidation sites excluding steroid dienone is 1. The summed E-state index contributed by atoms with van der Waals surface area (Å²) in [6.07, 6.45) is 3.58. The number of nitrogens with one attached hydrogen (secondary N) is 2. The van der Waals surface area contributed by atoms with Crippen molar-refractivity contribution in [1.82, 2.24) is 15.0 Å². The average Bonchev–Trinajstić information content (AvgIpc) is 3.09. The second-order valence-electron chi connectivity index (χ2n) is 10.9. The Labute approximate surface area is 254 Å². The minimum atomic E-state index is 0.217. The summed E-state index contributed by atoms with van der Waals surface area (Å²) in [5.41, 5.74) is 7.09. The fourth-order valence-electron chi connectivity index (χ4n) is 5.85. The molecule has 8 rings (SSSR count). The zero-order valence-corrected chi connectivity index (χ0v) is 23.6. The third-order valence-corrected chi connectivity index (χ3v) is 8.13. The summed E-state index contributed by atoms with van der Waals surface area (Å²) in [5, 5.41) is 21.0. The molecule has 206 valence electrons. The summed E-state index contributed by atoms with van der Waals surface area (Å²) >= 11 is 0. The zero-order valence-electron chi connectivity index (χ0n) is 23.6. The topological polar surface area (TPSA) is 86.4 Å². The van der Waals surface area contributed by atoms with Gasteiger partial charge in [0.25, 0.3) is 0 Å². The van der Waals surface area contributed by atoms with Gasteiger partial charge in [-0.15, -0.1) is 0 Å². The molecule has 1 heterocycles. The van der Waals surface area contributed by atoms with E-state index in [1.165, 1.54) is 10.8 Å². The first-order valence-electron chi connectivity index (χ1n) is 14.4. The molecule has 7 aromatic rings. The highest BCUT2D eigenvalue weighted by atomic mass is 15.0. The third-order valence-electron chi connectivity index (χ3n) is 8.13. The number of hydrogen-bond donors (Lipinski definition) is 2. The van der Waals surface area contributed by atoms with Crippen LogP contribution >= 0.6 is 0 Å². The molecule has 0 spiro atoms. The largest absolute Gasteiger partial charge is 0.299 e. The molecular weight excluding hydrogens is 538 g/mol. The van der Waals surface area contributed by atoms with Crippen LogP contribution in [0.3, 0.4) is 0 Å². The standard InChI is InChI=1S/C39H25N5/c40-34-20-18-25-14-16-30-23-32(17-19-33(30)35(25)36(34)41)39-43-37(26-8-2-1-3-9-26)42-38(44-39)31-12-6-11-28(22-31)29-15-13-24-7-4-5-10-27(24)21-29/h1-23,40-41H. The van der Waals surface area contributed by atoms with Crippen LogP contribution in [0.15, 0.2) is 133 Å². The Balaban J connectivity index is 1.27. The first-order valence-corrected chi connectivity index (χ1v) is 14.4. The molecule has 1 aliphatic rings. The zero-order chi connectivity index (χ0) is 29.6. The van der Waals surface area contributed by atoms with Crippen LogP contribution in [0.25, 0.3) is 72.9 Å². The average molecular weight is 564 g/mol. The monoisotopic (exact) mass is 563 g/mol. The maximum atomic E-state index is 8.53. The van der Waals surface area contributed by atoms with Crippen LogP contribution in [0, 0.1) is 10.8 Å². The lowest BCUT2D eigenvalue weighted by atomic mass is 9.89. The van der Waals surface area contributed by atoms with Gasteiger partial charge < -0.3 is 0 Å². The van der Waals surface area contributed by atoms with Gasteiger partial charge >= 0.3 is 0 Å². The van der Waals surface area contributed by atoms with Crippen molar-refractivity contribution in [2.24, 2.45) is 0 Å². The van der Waals surface area contributed by atoms with Gasteiger partial charge in [0.05, 0.1) is 11.4 Å². The number of nitrogens with zero attached hydrogens (tertiary/aromatic N) is 3. The van der Waals surface area contributed by atoms with Gasteiger partial charge in [-0.05, 0) is 62.5 Å². The third kappa shape index (κ3) is 4.48. The molecule has 0 bridgehead atoms. The van der Waals surface area contributed by atoms with Crippen molar-refractivity contribution in [2.45, 2.75) is 0 Å². The van der Waals surface area contributed by atoms with Crippen LogP contribution in [-0.2, 0) is 0 Å². The number of benzene rings is 6. The van der Waals surface area contributed by atoms with Crippen molar-refractivity contribution in [2.75, 3.05) is 0 Å². The van der Waals surface area contributed by atoms with Crippen molar-refractivity contribution in [3.63, 3.8) is 0 Å². The lowest BCUT2D eigenvalue weighted by Crippen LogP contribution is -2.16. The Hall–Kier alpha value is -6.07. The summed E-state index contributed by atoms with van der Waals surface area (Å²) < 4.78 is 0. The van der Waals surface area contributed by atoms with E-state index in [-0.39, 0.29) is 11.4 Å². The van der Waals surface area contributed by atoms with Crippen molar-refractivity contribution < 1.29 is 0 Å². The molecule has 44 heavy (non-hydrogen) atoms. The second-order valence-corrected chi connectivity index (χ2v) is 10.9. The smallest absolute Gasteiger partial charge is 0.164 e. The maximum absolute atomic E-state index is 8.53. The van der Waals surface area contributed by atoms with Crippen LogP contribution in [0.1, 0.15) is 11.1 Å². The first-order chi connectivity index (χ1) is 21.6. The molecular formula is C39H25N5. The molecule has 0 aliphatic heterocycles. The molecule has 1 aliphatic carbocycles. The van der Waals surface area contributed by atoms with Crippen LogP contribution in [0.4, 0.5) is 0 Å². The SMILES string of the molecule is N=C1C=Cc2ccc3cc(-c4nc(-c5ccccc5)nc(-c5cccc(-c6ccc7ccccc7c6)c5)n4)ccc3c2C1=N. The lowest BCUT2D eigenvalue weighted by molar-refractivity contribution is 1.07. The van der Waals surface area contributed by atoms with Crippen LogP contribution in [0.2, 0.25) is 0 Å². The summed E-state index contributed by atoms with van der Waals surface area (Å²) in [6.45, 7) is 0. The van der Waals surface area contributed by atoms with Gasteiger partial charge in [0, 0.05) is 22.3 Å². The fraction of sp³-hybridized carbons (Fsp3) is 0. The highest BCUT2D eigenvalue weighted by Gasteiger charge is 2.19. The minimum Gasteiger partial charge on any atom is -0.299 e. The van der Waals surface area contributed by atoms with Crippen LogP contribution in [0.5, 0.6) is 0 Å². The number of hydrogen-bond acceptors (Lipinski definition) is 5. The second kappa shape index (κ2) is 10.3. The fourth-order valence-corrected chi connectivity index (χ4v) is 5.85. The molecule has 1 aromatic heterocycles. The van der Waals surface area contributed by atoms with Crippen LogP contribution < -0.4 is 0 Å². The number of fused-ring (bicyclic) bond motifs is 4. The number of rotatable bonds is 4. The highest BCUT2D eigenvalue weighted by Crippen LogP contribution is 2.33. The Morgan fingerprint density at radius 2 is 1.00 bits per heavy atom. The molecule has 0 saturated carbocycles. The Bertz CT molecular complexity index is 2320. The Morgan fingerprint density at radius 1 is 0.409 bits per heavy atom. The molecule has 0 amide bonds. The van der Waals surface area contributed by atoms with E-state index < -0.39 is 0 Å². The quantitative estimate of drug-likeness (QED) is 0.224. The molecule has 0 saturated heterocycles. The molecule has 5 heteroatoms. The molecule has 0 unspecified atom stereocenters. The maximum Gasteiger partial charge on any atom is 0.164 e. The van der Waals surface area contributed by atoms with Gasteiger partial charge in [-0.2, -0.15) is 0 Å². The van der Waals surface area contributed by atoms with E-state index in [2.05, 4.69) is 66.7 Å². The minimum absolute atomic E-state index is 0.217. The van der Waals surface area contributed by atoms with Crippen molar-refractivity contribution in [3.05, 3.63) is 145 Å². The molecule has 5 nitrogen and oxygen atoms in total. The summed E-state index contributed by atoms with van der Waals surface area (Å²) in [4.78, 5) is 14.9. The van der Waals surface area contributed by atoms with Crippen molar-refractivity contribution >= 4 is 39.0 Å². The Morgan fingerprint density at radius 3 is 1.82 bits per heavy atom. The summed E-state index contributed by atoms with van der Waals surface area (Å²) in [5.74, 6) is 1.78. The van der Waals surface area contributed by atoms with Gasteiger partial charge in [0.2, 0.25) is 0 Å². The first kappa shape index (κ1) is 25.6. The van der Waals surface area contributed by atoms with E-state index in [4.69, 9.17) is 25.8 Å². The molecule has 2 N–H and O–H groups in total. The van der Waals surface area contributed by atoms with E-state index >= 15 is 0 Å². The Kier molecular flexibility index (Phi) is 6.02. The van der Waals surface area contributed by atoms with E-state index in [1.807, 2.05) is 66.7 Å². The highest BCUT2D eigenvalue weighted by molar-refractivity contribution is 6.53. The van der Waals surface area contributed by atoms with E-state index in [0.29, 0.717) is 17.5 Å². The van der Waals surface area contributed by atoms with Crippen LogP contribution in [-0.4, -0.2) is 26.4 Å².